The molecule has 2 N–H and O–H groups in total. The molecule has 1 amide bonds. The fraction of sp³-hybridized carbons (Fsp3) is 0.190. The zero-order chi connectivity index (χ0) is 19.8. The van der Waals surface area contributed by atoms with Crippen LogP contribution in [-0.4, -0.2) is 24.5 Å². The van der Waals surface area contributed by atoms with Crippen molar-refractivity contribution >= 4 is 11.8 Å². The van der Waals surface area contributed by atoms with Gasteiger partial charge in [0.1, 0.15) is 11.8 Å². The predicted molar refractivity (Wildman–Crippen MR) is 105 cm³/mol. The molecule has 142 valence electrons. The van der Waals surface area contributed by atoms with Crippen molar-refractivity contribution in [3.05, 3.63) is 65.9 Å². The van der Waals surface area contributed by atoms with E-state index in [1.165, 1.54) is 0 Å². The SMILES string of the molecule is COc1ccc(CNC(=O)CCNc2oc(-c3ccccc3)nc2C#N)cc1. The molecular formula is C21H20N4O3. The van der Waals surface area contributed by atoms with Crippen LogP contribution in [0.1, 0.15) is 17.7 Å². The zero-order valence-electron chi connectivity index (χ0n) is 15.4. The smallest absolute Gasteiger partial charge is 0.232 e. The summed E-state index contributed by atoms with van der Waals surface area (Å²) in [5.41, 5.74) is 1.93. The van der Waals surface area contributed by atoms with Crippen molar-refractivity contribution in [2.45, 2.75) is 13.0 Å². The number of nitrogens with one attached hydrogen (secondary N) is 2. The molecule has 0 fully saturated rings. The Bertz CT molecular complexity index is 960. The number of aromatic nitrogens is 1. The average Bonchev–Trinajstić information content (AvgIpc) is 3.16. The lowest BCUT2D eigenvalue weighted by Crippen LogP contribution is -2.24. The molecule has 7 nitrogen and oxygen atoms in total. The van der Waals surface area contributed by atoms with Crippen LogP contribution in [0.25, 0.3) is 11.5 Å². The number of amides is 1. The van der Waals surface area contributed by atoms with Gasteiger partial charge in [0, 0.05) is 25.1 Å². The van der Waals surface area contributed by atoms with Gasteiger partial charge in [-0.15, -0.1) is 0 Å². The van der Waals surface area contributed by atoms with Crippen LogP contribution in [0.2, 0.25) is 0 Å². The molecule has 0 atom stereocenters. The van der Waals surface area contributed by atoms with Crippen molar-refractivity contribution in [2.24, 2.45) is 0 Å². The third-order valence-electron chi connectivity index (χ3n) is 4.04. The first-order chi connectivity index (χ1) is 13.7. The van der Waals surface area contributed by atoms with Crippen LogP contribution in [0.15, 0.2) is 59.0 Å². The fourth-order valence-corrected chi connectivity index (χ4v) is 2.54. The largest absolute Gasteiger partial charge is 0.497 e. The van der Waals surface area contributed by atoms with E-state index in [9.17, 15) is 10.1 Å². The summed E-state index contributed by atoms with van der Waals surface area (Å²) in [5, 5.41) is 15.1. The van der Waals surface area contributed by atoms with Gasteiger partial charge in [-0.25, -0.2) is 0 Å². The minimum Gasteiger partial charge on any atom is -0.497 e. The van der Waals surface area contributed by atoms with Gasteiger partial charge in [0.05, 0.1) is 7.11 Å². The molecule has 0 aliphatic carbocycles. The van der Waals surface area contributed by atoms with Crippen LogP contribution in [0, 0.1) is 11.3 Å². The standard InChI is InChI=1S/C21H20N4O3/c1-27-17-9-7-15(8-10-17)14-24-19(26)11-12-23-21-18(13-22)25-20(28-21)16-5-3-2-4-6-16/h2-10,23H,11-12,14H2,1H3,(H,24,26). The predicted octanol–water partition coefficient (Wildman–Crippen LogP) is 3.34. The van der Waals surface area contributed by atoms with E-state index in [1.807, 2.05) is 60.7 Å². The molecule has 1 aromatic heterocycles. The van der Waals surface area contributed by atoms with Gasteiger partial charge in [-0.05, 0) is 29.8 Å². The lowest BCUT2D eigenvalue weighted by atomic mass is 10.2. The van der Waals surface area contributed by atoms with E-state index in [0.29, 0.717) is 19.0 Å². The second kappa shape index (κ2) is 9.24. The molecule has 0 aliphatic rings. The van der Waals surface area contributed by atoms with Gasteiger partial charge < -0.3 is 19.8 Å². The number of nitrogens with zero attached hydrogens (tertiary/aromatic N) is 2. The molecule has 7 heteroatoms. The van der Waals surface area contributed by atoms with Crippen molar-refractivity contribution in [2.75, 3.05) is 19.0 Å². The first-order valence-electron chi connectivity index (χ1n) is 8.79. The van der Waals surface area contributed by atoms with E-state index in [-0.39, 0.29) is 23.9 Å². The van der Waals surface area contributed by atoms with E-state index in [0.717, 1.165) is 16.9 Å². The Kier molecular flexibility index (Phi) is 6.26. The maximum absolute atomic E-state index is 12.0. The molecule has 0 saturated heterocycles. The molecule has 0 saturated carbocycles. The van der Waals surface area contributed by atoms with E-state index >= 15 is 0 Å². The summed E-state index contributed by atoms with van der Waals surface area (Å²) in [6.45, 7) is 0.763. The molecule has 2 aromatic carbocycles. The molecule has 28 heavy (non-hydrogen) atoms. The Hall–Kier alpha value is -3.79. The highest BCUT2D eigenvalue weighted by molar-refractivity contribution is 5.76. The lowest BCUT2D eigenvalue weighted by Gasteiger charge is -2.07. The Morgan fingerprint density at radius 1 is 1.18 bits per heavy atom. The number of hydrogen-bond acceptors (Lipinski definition) is 6. The van der Waals surface area contributed by atoms with Crippen LogP contribution in [0.4, 0.5) is 5.88 Å². The second-order valence-corrected chi connectivity index (χ2v) is 5.98. The first-order valence-corrected chi connectivity index (χ1v) is 8.79. The van der Waals surface area contributed by atoms with Crippen molar-refractivity contribution < 1.29 is 13.9 Å². The van der Waals surface area contributed by atoms with Crippen LogP contribution >= 0.6 is 0 Å². The van der Waals surface area contributed by atoms with Gasteiger partial charge in [-0.3, -0.25) is 4.79 Å². The first kappa shape index (κ1) is 19.0. The Labute approximate surface area is 163 Å². The van der Waals surface area contributed by atoms with Gasteiger partial charge in [0.2, 0.25) is 23.4 Å². The summed E-state index contributed by atoms with van der Waals surface area (Å²) >= 11 is 0. The minimum absolute atomic E-state index is 0.107. The second-order valence-electron chi connectivity index (χ2n) is 5.98. The van der Waals surface area contributed by atoms with Gasteiger partial charge >= 0.3 is 0 Å². The molecule has 0 spiro atoms. The van der Waals surface area contributed by atoms with Gasteiger partial charge in [-0.1, -0.05) is 30.3 Å². The monoisotopic (exact) mass is 376 g/mol. The Morgan fingerprint density at radius 2 is 1.93 bits per heavy atom. The average molecular weight is 376 g/mol. The van der Waals surface area contributed by atoms with E-state index < -0.39 is 0 Å². The van der Waals surface area contributed by atoms with Crippen molar-refractivity contribution in [3.8, 4) is 23.3 Å². The number of hydrogen-bond donors (Lipinski definition) is 2. The van der Waals surface area contributed by atoms with Crippen LogP contribution in [0.3, 0.4) is 0 Å². The molecule has 0 aliphatic heterocycles. The molecule has 3 rings (SSSR count). The van der Waals surface area contributed by atoms with Crippen LogP contribution in [0.5, 0.6) is 5.75 Å². The highest BCUT2D eigenvalue weighted by Crippen LogP contribution is 2.24. The van der Waals surface area contributed by atoms with Crippen molar-refractivity contribution in [3.63, 3.8) is 0 Å². The van der Waals surface area contributed by atoms with E-state index in [4.69, 9.17) is 9.15 Å². The molecule has 1 heterocycles. The number of methoxy groups -OCH3 is 1. The number of benzene rings is 2. The lowest BCUT2D eigenvalue weighted by molar-refractivity contribution is -0.121. The maximum Gasteiger partial charge on any atom is 0.232 e. The Morgan fingerprint density at radius 3 is 2.61 bits per heavy atom. The zero-order valence-corrected chi connectivity index (χ0v) is 15.4. The maximum atomic E-state index is 12.0. The normalized spacial score (nSPS) is 10.1. The van der Waals surface area contributed by atoms with Crippen molar-refractivity contribution in [1.82, 2.24) is 10.3 Å². The fourth-order valence-electron chi connectivity index (χ4n) is 2.54. The number of oxazole rings is 1. The van der Waals surface area contributed by atoms with Gasteiger partial charge in [-0.2, -0.15) is 10.2 Å². The summed E-state index contributed by atoms with van der Waals surface area (Å²) in [6, 6.07) is 18.8. The minimum atomic E-state index is -0.107. The number of anilines is 1. The third-order valence-corrected chi connectivity index (χ3v) is 4.04. The number of ether oxygens (including phenoxy) is 1. The molecule has 0 unspecified atom stereocenters. The molecule has 0 radical (unpaired) electrons. The summed E-state index contributed by atoms with van der Waals surface area (Å²) < 4.78 is 10.7. The van der Waals surface area contributed by atoms with E-state index in [2.05, 4.69) is 15.6 Å². The molecular weight excluding hydrogens is 356 g/mol. The summed E-state index contributed by atoms with van der Waals surface area (Å²) in [6.07, 6.45) is 0.238. The number of carbonyl (C=O) groups is 1. The third kappa shape index (κ3) is 4.89. The topological polar surface area (TPSA) is 100 Å². The Balaban J connectivity index is 1.49. The van der Waals surface area contributed by atoms with Crippen LogP contribution in [-0.2, 0) is 11.3 Å². The number of carbonyl (C=O) groups excluding carboxylic acids is 1. The molecule has 3 aromatic rings. The van der Waals surface area contributed by atoms with Gasteiger partial charge in [0.25, 0.3) is 0 Å². The summed E-state index contributed by atoms with van der Waals surface area (Å²) in [4.78, 5) is 16.2. The van der Waals surface area contributed by atoms with Crippen molar-refractivity contribution in [1.29, 1.82) is 5.26 Å². The number of rotatable bonds is 8. The van der Waals surface area contributed by atoms with Crippen LogP contribution < -0.4 is 15.4 Å². The van der Waals surface area contributed by atoms with E-state index in [1.54, 1.807) is 7.11 Å². The quantitative estimate of drug-likeness (QED) is 0.625. The highest BCUT2D eigenvalue weighted by Gasteiger charge is 2.14. The summed E-state index contributed by atoms with van der Waals surface area (Å²) in [7, 11) is 1.61. The number of nitriles is 1. The summed E-state index contributed by atoms with van der Waals surface area (Å²) in [5.74, 6) is 1.30. The highest BCUT2D eigenvalue weighted by atomic mass is 16.5. The molecule has 0 bridgehead atoms. The van der Waals surface area contributed by atoms with Gasteiger partial charge in [0.15, 0.2) is 0 Å².